The Hall–Kier alpha value is -2.51. The van der Waals surface area contributed by atoms with Crippen LogP contribution in [0.25, 0.3) is 0 Å². The zero-order valence-electron chi connectivity index (χ0n) is 12.8. The third kappa shape index (κ3) is 5.94. The number of halogens is 1. The summed E-state index contributed by atoms with van der Waals surface area (Å²) in [6, 6.07) is 5.20. The monoisotopic (exact) mass is 357 g/mol. The van der Waals surface area contributed by atoms with Gasteiger partial charge in [0.05, 0.1) is 12.5 Å². The number of carbonyl (C=O) groups excluding carboxylic acids is 2. The smallest absolute Gasteiger partial charge is 0.324 e. The summed E-state index contributed by atoms with van der Waals surface area (Å²) in [6.07, 6.45) is 0.110. The number of carbonyl (C=O) groups is 2. The summed E-state index contributed by atoms with van der Waals surface area (Å²) in [7, 11) is -4.25. The van der Waals surface area contributed by atoms with Crippen LogP contribution in [0, 0.1) is 17.1 Å². The number of ether oxygens (including phenoxy) is 1. The lowest BCUT2D eigenvalue weighted by Gasteiger charge is -2.14. The second-order valence-corrected chi connectivity index (χ2v) is 6.32. The number of nitrogens with one attached hydrogen (secondary N) is 2. The number of esters is 1. The Bertz CT molecular complexity index is 745. The fourth-order valence-corrected chi connectivity index (χ4v) is 2.85. The van der Waals surface area contributed by atoms with E-state index in [9.17, 15) is 22.4 Å². The van der Waals surface area contributed by atoms with Crippen molar-refractivity contribution in [3.63, 3.8) is 0 Å². The van der Waals surface area contributed by atoms with E-state index in [1.54, 1.807) is 0 Å². The zero-order valence-corrected chi connectivity index (χ0v) is 13.6. The van der Waals surface area contributed by atoms with E-state index < -0.39 is 45.3 Å². The molecule has 24 heavy (non-hydrogen) atoms. The number of rotatable bonds is 8. The van der Waals surface area contributed by atoms with E-state index in [0.29, 0.717) is 0 Å². The fourth-order valence-electron chi connectivity index (χ4n) is 1.58. The van der Waals surface area contributed by atoms with Crippen molar-refractivity contribution in [2.75, 3.05) is 13.2 Å². The number of amides is 1. The Morgan fingerprint density at radius 3 is 2.67 bits per heavy atom. The third-order valence-corrected chi connectivity index (χ3v) is 4.29. The van der Waals surface area contributed by atoms with Gasteiger partial charge in [-0.2, -0.15) is 9.98 Å². The summed E-state index contributed by atoms with van der Waals surface area (Å²) in [4.78, 5) is 22.4. The second-order valence-electron chi connectivity index (χ2n) is 4.64. The molecule has 0 heterocycles. The molecule has 0 saturated heterocycles. The van der Waals surface area contributed by atoms with Gasteiger partial charge in [-0.25, -0.2) is 12.8 Å². The molecule has 1 atom stereocenters. The lowest BCUT2D eigenvalue weighted by atomic mass is 10.3. The Balaban J connectivity index is 2.57. The first kappa shape index (κ1) is 19.5. The van der Waals surface area contributed by atoms with E-state index in [1.807, 2.05) is 10.8 Å². The number of nitriles is 1. The van der Waals surface area contributed by atoms with Crippen LogP contribution in [0.5, 0.6) is 0 Å². The van der Waals surface area contributed by atoms with Gasteiger partial charge >= 0.3 is 5.97 Å². The van der Waals surface area contributed by atoms with Crippen molar-refractivity contribution in [3.05, 3.63) is 30.1 Å². The molecule has 0 saturated carbocycles. The average molecular weight is 357 g/mol. The molecule has 130 valence electrons. The van der Waals surface area contributed by atoms with Crippen molar-refractivity contribution in [1.82, 2.24) is 10.0 Å². The minimum Gasteiger partial charge on any atom is -0.454 e. The Labute approximate surface area is 138 Å². The van der Waals surface area contributed by atoms with E-state index in [0.717, 1.165) is 12.1 Å². The molecule has 0 aliphatic carbocycles. The molecule has 1 amide bonds. The summed E-state index contributed by atoms with van der Waals surface area (Å²) in [6.45, 7) is 0.701. The molecule has 0 aliphatic heterocycles. The van der Waals surface area contributed by atoms with Crippen LogP contribution in [0.2, 0.25) is 0 Å². The van der Waals surface area contributed by atoms with Crippen LogP contribution in [-0.2, 0) is 24.3 Å². The number of benzene rings is 1. The standard InChI is InChI=1S/C14H16FN3O5S/c1-10(14(20)23-9-13(19)17-8-4-7-16)18-24(21,22)12-6-3-2-5-11(12)15/h2-3,5-6,10,18H,4,8-9H2,1H3,(H,17,19)/t10-/m0/s1. The number of sulfonamides is 1. The maximum absolute atomic E-state index is 13.5. The summed E-state index contributed by atoms with van der Waals surface area (Å²) >= 11 is 0. The van der Waals surface area contributed by atoms with Crippen molar-refractivity contribution in [2.24, 2.45) is 0 Å². The summed E-state index contributed by atoms with van der Waals surface area (Å²) < 4.78 is 44.2. The molecule has 0 unspecified atom stereocenters. The molecule has 1 rings (SSSR count). The van der Waals surface area contributed by atoms with Crippen molar-refractivity contribution in [3.8, 4) is 6.07 Å². The maximum Gasteiger partial charge on any atom is 0.324 e. The van der Waals surface area contributed by atoms with Crippen LogP contribution in [-0.4, -0.2) is 39.5 Å². The Morgan fingerprint density at radius 1 is 1.38 bits per heavy atom. The lowest BCUT2D eigenvalue weighted by molar-refractivity contribution is -0.149. The molecule has 10 heteroatoms. The highest BCUT2D eigenvalue weighted by Gasteiger charge is 2.25. The lowest BCUT2D eigenvalue weighted by Crippen LogP contribution is -2.41. The van der Waals surface area contributed by atoms with E-state index in [4.69, 9.17) is 5.26 Å². The SMILES string of the molecule is C[C@H](NS(=O)(=O)c1ccccc1F)C(=O)OCC(=O)NCCC#N. The van der Waals surface area contributed by atoms with Crippen molar-refractivity contribution < 1.29 is 27.1 Å². The molecular weight excluding hydrogens is 341 g/mol. The zero-order chi connectivity index (χ0) is 18.2. The number of hydrogen-bond acceptors (Lipinski definition) is 6. The van der Waals surface area contributed by atoms with Crippen molar-refractivity contribution >= 4 is 21.9 Å². The predicted molar refractivity (Wildman–Crippen MR) is 80.4 cm³/mol. The molecule has 0 radical (unpaired) electrons. The molecule has 8 nitrogen and oxygen atoms in total. The minimum atomic E-state index is -4.25. The molecule has 0 bridgehead atoms. The fraction of sp³-hybridized carbons (Fsp3) is 0.357. The molecule has 0 spiro atoms. The van der Waals surface area contributed by atoms with E-state index in [2.05, 4.69) is 10.1 Å². The van der Waals surface area contributed by atoms with Gasteiger partial charge in [-0.15, -0.1) is 0 Å². The van der Waals surface area contributed by atoms with E-state index >= 15 is 0 Å². The summed E-state index contributed by atoms with van der Waals surface area (Å²) in [5.74, 6) is -2.57. The molecular formula is C14H16FN3O5S. The first-order chi connectivity index (χ1) is 11.3. The van der Waals surface area contributed by atoms with Crippen LogP contribution < -0.4 is 10.0 Å². The average Bonchev–Trinajstić information content (AvgIpc) is 2.52. The highest BCUT2D eigenvalue weighted by atomic mass is 32.2. The molecule has 0 aromatic heterocycles. The summed E-state index contributed by atoms with van der Waals surface area (Å²) in [5.41, 5.74) is 0. The van der Waals surface area contributed by atoms with Crippen molar-refractivity contribution in [1.29, 1.82) is 5.26 Å². The predicted octanol–water partition coefficient (Wildman–Crippen LogP) is 0.0656. The first-order valence-corrected chi connectivity index (χ1v) is 8.33. The van der Waals surface area contributed by atoms with Crippen LogP contribution in [0.15, 0.2) is 29.2 Å². The van der Waals surface area contributed by atoms with Gasteiger partial charge in [0.15, 0.2) is 6.61 Å². The maximum atomic E-state index is 13.5. The Kier molecular flexibility index (Phi) is 7.29. The van der Waals surface area contributed by atoms with Crippen LogP contribution >= 0.6 is 0 Å². The van der Waals surface area contributed by atoms with Crippen molar-refractivity contribution in [2.45, 2.75) is 24.3 Å². The van der Waals surface area contributed by atoms with Gasteiger partial charge in [-0.1, -0.05) is 12.1 Å². The molecule has 0 aliphatic rings. The van der Waals surface area contributed by atoms with Gasteiger partial charge in [0.2, 0.25) is 10.0 Å². The van der Waals surface area contributed by atoms with Crippen LogP contribution in [0.1, 0.15) is 13.3 Å². The normalized spacial score (nSPS) is 12.0. The highest BCUT2D eigenvalue weighted by Crippen LogP contribution is 2.13. The second kappa shape index (κ2) is 8.95. The minimum absolute atomic E-state index is 0.110. The molecule has 1 aromatic rings. The van der Waals surface area contributed by atoms with Gasteiger partial charge in [0.1, 0.15) is 16.8 Å². The number of hydrogen-bond donors (Lipinski definition) is 2. The van der Waals surface area contributed by atoms with Crippen LogP contribution in [0.4, 0.5) is 4.39 Å². The highest BCUT2D eigenvalue weighted by molar-refractivity contribution is 7.89. The largest absolute Gasteiger partial charge is 0.454 e. The molecule has 1 aromatic carbocycles. The van der Waals surface area contributed by atoms with Gasteiger partial charge < -0.3 is 10.1 Å². The molecule has 0 fully saturated rings. The van der Waals surface area contributed by atoms with Gasteiger partial charge in [-0.05, 0) is 19.1 Å². The van der Waals surface area contributed by atoms with Gasteiger partial charge in [-0.3, -0.25) is 9.59 Å². The van der Waals surface area contributed by atoms with Gasteiger partial charge in [0, 0.05) is 6.54 Å². The number of nitrogens with zero attached hydrogens (tertiary/aromatic N) is 1. The molecule has 2 N–H and O–H groups in total. The Morgan fingerprint density at radius 2 is 2.04 bits per heavy atom. The topological polar surface area (TPSA) is 125 Å². The quantitative estimate of drug-likeness (QED) is 0.501. The van der Waals surface area contributed by atoms with E-state index in [1.165, 1.54) is 19.1 Å². The third-order valence-electron chi connectivity index (χ3n) is 2.72. The van der Waals surface area contributed by atoms with E-state index in [-0.39, 0.29) is 13.0 Å². The van der Waals surface area contributed by atoms with Crippen LogP contribution in [0.3, 0.4) is 0 Å². The first-order valence-electron chi connectivity index (χ1n) is 6.85. The summed E-state index contributed by atoms with van der Waals surface area (Å²) in [5, 5.41) is 10.6. The van der Waals surface area contributed by atoms with Gasteiger partial charge in [0.25, 0.3) is 5.91 Å².